The molecule has 0 saturated heterocycles. The number of hydrogen-bond donors (Lipinski definition) is 0. The molecule has 1 nitrogen and oxygen atoms in total. The molecule has 0 bridgehead atoms. The molecule has 4 heteroatoms. The van der Waals surface area contributed by atoms with Crippen LogP contribution in [0.25, 0.3) is 0 Å². The first-order chi connectivity index (χ1) is 6.57. The Balaban J connectivity index is 3.20. The Morgan fingerprint density at radius 2 is 2.14 bits per heavy atom. The van der Waals surface area contributed by atoms with Gasteiger partial charge in [-0.3, -0.25) is 4.79 Å². The number of hydrogen-bond acceptors (Lipinski definition) is 2. The van der Waals surface area contributed by atoms with Crippen molar-refractivity contribution in [3.05, 3.63) is 28.8 Å². The normalized spacial score (nSPS) is 12.6. The summed E-state index contributed by atoms with van der Waals surface area (Å²) in [5.74, 6) is -0.0655. The molecule has 0 spiro atoms. The zero-order valence-electron chi connectivity index (χ0n) is 7.88. The molecule has 0 fully saturated rings. The van der Waals surface area contributed by atoms with Crippen LogP contribution in [0.4, 0.5) is 0 Å². The van der Waals surface area contributed by atoms with Crippen LogP contribution in [0.15, 0.2) is 23.1 Å². The van der Waals surface area contributed by atoms with Crippen molar-refractivity contribution in [3.8, 4) is 0 Å². The van der Waals surface area contributed by atoms with Gasteiger partial charge in [0, 0.05) is 4.90 Å². The maximum absolute atomic E-state index is 11.1. The number of carbonyl (C=O) groups excluding carboxylic acids is 1. The number of Topliss-reactive ketones (excluding diaryl/α,β-unsaturated/α-hetero) is 1. The fourth-order valence-corrected chi connectivity index (χ4v) is 2.50. The van der Waals surface area contributed by atoms with E-state index in [1.807, 2.05) is 12.3 Å². The second-order valence-electron chi connectivity index (χ2n) is 2.84. The minimum atomic E-state index is -0.601. The Kier molecular flexibility index (Phi) is 4.30. The molecule has 1 aromatic carbocycles. The highest BCUT2D eigenvalue weighted by atomic mass is 35.5. The van der Waals surface area contributed by atoms with Crippen LogP contribution < -0.4 is 0 Å². The molecule has 0 aromatic heterocycles. The molecule has 0 aliphatic rings. The predicted molar refractivity (Wildman–Crippen MR) is 62.5 cm³/mol. The third kappa shape index (κ3) is 2.44. The van der Waals surface area contributed by atoms with Crippen LogP contribution in [0.5, 0.6) is 0 Å². The van der Waals surface area contributed by atoms with Crippen molar-refractivity contribution in [1.82, 2.24) is 0 Å². The molecule has 76 valence electrons. The van der Waals surface area contributed by atoms with Crippen molar-refractivity contribution in [3.63, 3.8) is 0 Å². The van der Waals surface area contributed by atoms with Crippen LogP contribution in [-0.2, 0) is 4.79 Å². The van der Waals surface area contributed by atoms with Gasteiger partial charge in [0.1, 0.15) is 5.38 Å². The molecule has 0 amide bonds. The Morgan fingerprint density at radius 1 is 1.50 bits per heavy atom. The fraction of sp³-hybridized carbons (Fsp3) is 0.300. The summed E-state index contributed by atoms with van der Waals surface area (Å²) in [4.78, 5) is 12.0. The quantitative estimate of drug-likeness (QED) is 0.596. The van der Waals surface area contributed by atoms with Gasteiger partial charge in [0.05, 0.1) is 5.02 Å². The van der Waals surface area contributed by atoms with E-state index in [0.717, 1.165) is 10.5 Å². The van der Waals surface area contributed by atoms with E-state index in [1.165, 1.54) is 18.7 Å². The van der Waals surface area contributed by atoms with Gasteiger partial charge in [-0.05, 0) is 24.8 Å². The standard InChI is InChI=1S/C10H10Cl2OS/c1-6(13)9(12)7-4-3-5-8(11)10(7)14-2/h3-5,9H,1-2H3. The van der Waals surface area contributed by atoms with Gasteiger partial charge in [-0.15, -0.1) is 23.4 Å². The molecule has 0 N–H and O–H groups in total. The average Bonchev–Trinajstić information content (AvgIpc) is 2.16. The number of thioether (sulfide) groups is 1. The van der Waals surface area contributed by atoms with Crippen molar-refractivity contribution in [1.29, 1.82) is 0 Å². The number of benzene rings is 1. The van der Waals surface area contributed by atoms with E-state index in [2.05, 4.69) is 0 Å². The number of rotatable bonds is 3. The largest absolute Gasteiger partial charge is 0.298 e. The van der Waals surface area contributed by atoms with Crippen LogP contribution in [0.3, 0.4) is 0 Å². The third-order valence-electron chi connectivity index (χ3n) is 1.83. The van der Waals surface area contributed by atoms with Crippen LogP contribution in [0.2, 0.25) is 5.02 Å². The van der Waals surface area contributed by atoms with Crippen LogP contribution in [-0.4, -0.2) is 12.0 Å². The highest BCUT2D eigenvalue weighted by molar-refractivity contribution is 7.98. The van der Waals surface area contributed by atoms with Gasteiger partial charge in [-0.2, -0.15) is 0 Å². The Bertz CT molecular complexity index is 352. The van der Waals surface area contributed by atoms with Crippen molar-refractivity contribution < 1.29 is 4.79 Å². The van der Waals surface area contributed by atoms with Gasteiger partial charge in [0.2, 0.25) is 0 Å². The molecule has 0 saturated carbocycles. The molecular formula is C10H10Cl2OS. The highest BCUT2D eigenvalue weighted by Crippen LogP contribution is 2.35. The van der Waals surface area contributed by atoms with E-state index < -0.39 is 5.38 Å². The Morgan fingerprint density at radius 3 is 2.64 bits per heavy atom. The second kappa shape index (κ2) is 5.06. The molecular weight excluding hydrogens is 239 g/mol. The molecule has 0 aliphatic carbocycles. The van der Waals surface area contributed by atoms with Crippen molar-refractivity contribution in [2.24, 2.45) is 0 Å². The maximum Gasteiger partial charge on any atom is 0.152 e. The van der Waals surface area contributed by atoms with Gasteiger partial charge >= 0.3 is 0 Å². The fourth-order valence-electron chi connectivity index (χ4n) is 1.16. The number of halogens is 2. The van der Waals surface area contributed by atoms with E-state index in [0.29, 0.717) is 5.02 Å². The van der Waals surface area contributed by atoms with Crippen LogP contribution in [0, 0.1) is 0 Å². The zero-order chi connectivity index (χ0) is 10.7. The summed E-state index contributed by atoms with van der Waals surface area (Å²) in [5, 5.41) is 0.0399. The highest BCUT2D eigenvalue weighted by Gasteiger charge is 2.17. The minimum absolute atomic E-state index is 0.0655. The summed E-state index contributed by atoms with van der Waals surface area (Å²) in [6, 6.07) is 5.42. The maximum atomic E-state index is 11.1. The van der Waals surface area contributed by atoms with E-state index in [-0.39, 0.29) is 5.78 Å². The first-order valence-electron chi connectivity index (χ1n) is 4.05. The minimum Gasteiger partial charge on any atom is -0.298 e. The molecule has 0 radical (unpaired) electrons. The molecule has 1 atom stereocenters. The lowest BCUT2D eigenvalue weighted by atomic mass is 10.1. The van der Waals surface area contributed by atoms with E-state index >= 15 is 0 Å². The topological polar surface area (TPSA) is 17.1 Å². The summed E-state index contributed by atoms with van der Waals surface area (Å²) in [7, 11) is 0. The van der Waals surface area contributed by atoms with Gasteiger partial charge in [-0.25, -0.2) is 0 Å². The van der Waals surface area contributed by atoms with E-state index in [1.54, 1.807) is 12.1 Å². The second-order valence-corrected chi connectivity index (χ2v) is 4.50. The van der Waals surface area contributed by atoms with Gasteiger partial charge in [0.15, 0.2) is 5.78 Å². The smallest absolute Gasteiger partial charge is 0.152 e. The first-order valence-corrected chi connectivity index (χ1v) is 6.08. The number of ketones is 1. The van der Waals surface area contributed by atoms with Crippen molar-refractivity contribution in [2.45, 2.75) is 17.2 Å². The number of alkyl halides is 1. The van der Waals surface area contributed by atoms with E-state index in [4.69, 9.17) is 23.2 Å². The van der Waals surface area contributed by atoms with Gasteiger partial charge in [0.25, 0.3) is 0 Å². The van der Waals surface area contributed by atoms with Crippen molar-refractivity contribution in [2.75, 3.05) is 6.26 Å². The Hall–Kier alpha value is -0.180. The first kappa shape index (κ1) is 11.9. The molecule has 1 aromatic rings. The van der Waals surface area contributed by atoms with Gasteiger partial charge < -0.3 is 0 Å². The Labute approximate surface area is 97.8 Å². The summed E-state index contributed by atoms with van der Waals surface area (Å²) < 4.78 is 0. The lowest BCUT2D eigenvalue weighted by molar-refractivity contribution is -0.116. The molecule has 14 heavy (non-hydrogen) atoms. The zero-order valence-corrected chi connectivity index (χ0v) is 10.2. The summed E-state index contributed by atoms with van der Waals surface area (Å²) in [6.45, 7) is 1.47. The van der Waals surface area contributed by atoms with Crippen LogP contribution in [0.1, 0.15) is 17.9 Å². The monoisotopic (exact) mass is 248 g/mol. The summed E-state index contributed by atoms with van der Waals surface area (Å²) >= 11 is 13.5. The summed E-state index contributed by atoms with van der Waals surface area (Å²) in [5.41, 5.74) is 0.791. The van der Waals surface area contributed by atoms with E-state index in [9.17, 15) is 4.79 Å². The number of carbonyl (C=O) groups is 1. The lowest BCUT2D eigenvalue weighted by Crippen LogP contribution is -2.03. The summed E-state index contributed by atoms with van der Waals surface area (Å²) in [6.07, 6.45) is 1.91. The average molecular weight is 249 g/mol. The molecule has 0 heterocycles. The molecule has 0 aliphatic heterocycles. The molecule has 1 rings (SSSR count). The SMILES string of the molecule is CSc1c(Cl)cccc1C(Cl)C(C)=O. The lowest BCUT2D eigenvalue weighted by Gasteiger charge is -2.11. The van der Waals surface area contributed by atoms with Crippen molar-refractivity contribution >= 4 is 40.7 Å². The predicted octanol–water partition coefficient (Wildman–Crippen LogP) is 3.93. The van der Waals surface area contributed by atoms with Crippen LogP contribution >= 0.6 is 35.0 Å². The van der Waals surface area contributed by atoms with Gasteiger partial charge in [-0.1, -0.05) is 23.7 Å². The molecule has 1 unspecified atom stereocenters. The third-order valence-corrected chi connectivity index (χ3v) is 3.66.